The highest BCUT2D eigenvalue weighted by atomic mass is 32.2. The van der Waals surface area contributed by atoms with Crippen LogP contribution in [0.25, 0.3) is 0 Å². The van der Waals surface area contributed by atoms with Crippen LogP contribution in [0.15, 0.2) is 76.7 Å². The van der Waals surface area contributed by atoms with Crippen molar-refractivity contribution in [1.29, 1.82) is 0 Å². The molecule has 0 aliphatic carbocycles. The van der Waals surface area contributed by atoms with Gasteiger partial charge in [-0.1, -0.05) is 24.3 Å². The minimum atomic E-state index is -3.56. The number of aliphatic hydroxyl groups excluding tert-OH is 1. The number of hydrogen-bond acceptors (Lipinski definition) is 11. The Labute approximate surface area is 255 Å². The molecule has 0 aliphatic rings. The molecule has 0 radical (unpaired) electrons. The van der Waals surface area contributed by atoms with Gasteiger partial charge in [0.15, 0.2) is 17.3 Å². The lowest BCUT2D eigenvalue weighted by molar-refractivity contribution is 0.191. The van der Waals surface area contributed by atoms with Crippen LogP contribution in [0.4, 0.5) is 27.7 Å². The number of ether oxygens (including phenoxy) is 2. The molecular formula is C30H34FN7O5S. The molecule has 0 amide bonds. The van der Waals surface area contributed by atoms with Crippen LogP contribution in [0.2, 0.25) is 0 Å². The van der Waals surface area contributed by atoms with Crippen molar-refractivity contribution in [2.24, 2.45) is 5.10 Å². The molecule has 1 unspecified atom stereocenters. The van der Waals surface area contributed by atoms with Gasteiger partial charge in [0.1, 0.15) is 11.6 Å². The highest BCUT2D eigenvalue weighted by Gasteiger charge is 2.14. The number of methoxy groups -OCH3 is 2. The molecule has 14 heteroatoms. The lowest BCUT2D eigenvalue weighted by Crippen LogP contribution is -2.18. The molecular weight excluding hydrogens is 589 g/mol. The molecule has 4 rings (SSSR count). The Bertz CT molecular complexity index is 1750. The molecule has 5 N–H and O–H groups in total. The SMILES string of the molecule is CNS(=O)(=O)c1ccc(C(C)=NNc2cc(NCC(O)c3ccc(OC)c(OC)c3)nc(Nc3cc(F)ccc3C)n2)cc1. The third-order valence-electron chi connectivity index (χ3n) is 6.63. The maximum absolute atomic E-state index is 14.0. The average Bonchev–Trinajstić information content (AvgIpc) is 3.03. The first-order chi connectivity index (χ1) is 21.0. The van der Waals surface area contributed by atoms with E-state index in [1.165, 1.54) is 45.5 Å². The lowest BCUT2D eigenvalue weighted by atomic mass is 10.1. The molecule has 1 aromatic heterocycles. The third-order valence-corrected chi connectivity index (χ3v) is 8.06. The Balaban J connectivity index is 1.58. The second-order valence-corrected chi connectivity index (χ2v) is 11.5. The number of rotatable bonds is 13. The van der Waals surface area contributed by atoms with Gasteiger partial charge in [0.05, 0.1) is 30.9 Å². The molecule has 232 valence electrons. The summed E-state index contributed by atoms with van der Waals surface area (Å²) in [6, 6.07) is 17.3. The Morgan fingerprint density at radius 2 is 1.68 bits per heavy atom. The minimum absolute atomic E-state index is 0.0918. The molecule has 1 heterocycles. The average molecular weight is 624 g/mol. The lowest BCUT2D eigenvalue weighted by Gasteiger charge is -2.16. The van der Waals surface area contributed by atoms with Gasteiger partial charge in [0.2, 0.25) is 16.0 Å². The number of hydrogen-bond donors (Lipinski definition) is 5. The summed E-state index contributed by atoms with van der Waals surface area (Å²) in [5, 5.41) is 21.4. The van der Waals surface area contributed by atoms with E-state index in [0.29, 0.717) is 45.7 Å². The largest absolute Gasteiger partial charge is 0.493 e. The molecule has 4 aromatic rings. The Hall–Kier alpha value is -4.79. The van der Waals surface area contributed by atoms with Crippen LogP contribution >= 0.6 is 0 Å². The van der Waals surface area contributed by atoms with E-state index in [4.69, 9.17) is 9.47 Å². The number of aryl methyl sites for hydroxylation is 1. The smallest absolute Gasteiger partial charge is 0.240 e. The van der Waals surface area contributed by atoms with Crippen molar-refractivity contribution in [1.82, 2.24) is 14.7 Å². The number of nitrogens with zero attached hydrogens (tertiary/aromatic N) is 3. The highest BCUT2D eigenvalue weighted by Crippen LogP contribution is 2.30. The summed E-state index contributed by atoms with van der Waals surface area (Å²) in [6.07, 6.45) is -0.919. The molecule has 0 saturated carbocycles. The number of hydrazone groups is 1. The summed E-state index contributed by atoms with van der Waals surface area (Å²) in [4.78, 5) is 9.09. The standard InChI is InChI=1S/C30H34FN7O5S/c1-18-6-10-22(31)15-24(18)34-30-35-28(33-17-25(39)21-9-13-26(42-4)27(14-21)43-5)16-29(36-30)38-37-19(2)20-7-11-23(12-8-20)44(40,41)32-3/h6-16,25,32,39H,17H2,1-5H3,(H3,33,34,35,36,38). The van der Waals surface area contributed by atoms with E-state index >= 15 is 0 Å². The summed E-state index contributed by atoms with van der Waals surface area (Å²) in [6.45, 7) is 3.67. The van der Waals surface area contributed by atoms with Crippen LogP contribution in [0.1, 0.15) is 29.7 Å². The number of aromatic nitrogens is 2. The summed E-state index contributed by atoms with van der Waals surface area (Å²) in [5.74, 6) is 1.42. The third kappa shape index (κ3) is 7.98. The van der Waals surface area contributed by atoms with Crippen molar-refractivity contribution in [3.05, 3.63) is 89.2 Å². The van der Waals surface area contributed by atoms with Crippen molar-refractivity contribution in [3.63, 3.8) is 0 Å². The molecule has 1 atom stereocenters. The van der Waals surface area contributed by atoms with E-state index in [1.54, 1.807) is 49.4 Å². The Kier molecular flexibility index (Phi) is 10.3. The van der Waals surface area contributed by atoms with Crippen molar-refractivity contribution in [2.75, 3.05) is 43.9 Å². The highest BCUT2D eigenvalue weighted by molar-refractivity contribution is 7.89. The molecule has 0 bridgehead atoms. The van der Waals surface area contributed by atoms with Gasteiger partial charge in [-0.25, -0.2) is 17.5 Å². The first-order valence-electron chi connectivity index (χ1n) is 13.4. The van der Waals surface area contributed by atoms with Gasteiger partial charge >= 0.3 is 0 Å². The zero-order chi connectivity index (χ0) is 31.9. The van der Waals surface area contributed by atoms with E-state index in [9.17, 15) is 17.9 Å². The summed E-state index contributed by atoms with van der Waals surface area (Å²) >= 11 is 0. The fraction of sp³-hybridized carbons (Fsp3) is 0.233. The topological polar surface area (TPSA) is 159 Å². The van der Waals surface area contributed by atoms with Gasteiger partial charge in [-0.05, 0) is 74.0 Å². The van der Waals surface area contributed by atoms with E-state index in [0.717, 1.165) is 5.56 Å². The molecule has 44 heavy (non-hydrogen) atoms. The first-order valence-corrected chi connectivity index (χ1v) is 14.9. The second-order valence-electron chi connectivity index (χ2n) is 9.60. The number of sulfonamides is 1. The molecule has 0 aliphatic heterocycles. The van der Waals surface area contributed by atoms with E-state index in [-0.39, 0.29) is 17.4 Å². The van der Waals surface area contributed by atoms with E-state index in [1.807, 2.05) is 6.92 Å². The maximum atomic E-state index is 14.0. The zero-order valence-corrected chi connectivity index (χ0v) is 25.7. The predicted octanol–water partition coefficient (Wildman–Crippen LogP) is 4.57. The van der Waals surface area contributed by atoms with Crippen LogP contribution in [-0.4, -0.2) is 57.0 Å². The first kappa shape index (κ1) is 32.1. The fourth-order valence-electron chi connectivity index (χ4n) is 4.08. The summed E-state index contributed by atoms with van der Waals surface area (Å²) in [5.41, 5.74) is 6.01. The van der Waals surface area contributed by atoms with Crippen molar-refractivity contribution >= 4 is 39.0 Å². The van der Waals surface area contributed by atoms with Gasteiger partial charge in [-0.3, -0.25) is 5.43 Å². The number of benzene rings is 3. The number of halogens is 1. The van der Waals surface area contributed by atoms with Crippen molar-refractivity contribution < 1.29 is 27.4 Å². The van der Waals surface area contributed by atoms with Gasteiger partial charge in [-0.2, -0.15) is 15.1 Å². The maximum Gasteiger partial charge on any atom is 0.240 e. The van der Waals surface area contributed by atoms with E-state index in [2.05, 4.69) is 35.9 Å². The number of aliphatic hydroxyl groups is 1. The van der Waals surface area contributed by atoms with Gasteiger partial charge < -0.3 is 25.2 Å². The molecule has 3 aromatic carbocycles. The molecule has 0 spiro atoms. The van der Waals surface area contributed by atoms with Crippen LogP contribution in [0.5, 0.6) is 11.5 Å². The Morgan fingerprint density at radius 1 is 0.977 bits per heavy atom. The number of nitrogens with one attached hydrogen (secondary N) is 4. The minimum Gasteiger partial charge on any atom is -0.493 e. The normalized spacial score (nSPS) is 12.4. The Morgan fingerprint density at radius 3 is 2.36 bits per heavy atom. The second kappa shape index (κ2) is 14.1. The van der Waals surface area contributed by atoms with Crippen LogP contribution in [0.3, 0.4) is 0 Å². The quantitative estimate of drug-likeness (QED) is 0.105. The summed E-state index contributed by atoms with van der Waals surface area (Å²) in [7, 11) is 0.837. The van der Waals surface area contributed by atoms with E-state index < -0.39 is 21.9 Å². The molecule has 0 saturated heterocycles. The number of anilines is 4. The summed E-state index contributed by atoms with van der Waals surface area (Å²) < 4.78 is 50.9. The monoisotopic (exact) mass is 623 g/mol. The zero-order valence-electron chi connectivity index (χ0n) is 24.8. The van der Waals surface area contributed by atoms with Crippen molar-refractivity contribution in [2.45, 2.75) is 24.8 Å². The fourth-order valence-corrected chi connectivity index (χ4v) is 4.81. The predicted molar refractivity (Wildman–Crippen MR) is 168 cm³/mol. The van der Waals surface area contributed by atoms with Crippen molar-refractivity contribution in [3.8, 4) is 11.5 Å². The molecule has 12 nitrogen and oxygen atoms in total. The van der Waals surface area contributed by atoms with Gasteiger partial charge in [-0.15, -0.1) is 0 Å². The molecule has 0 fully saturated rings. The van der Waals surface area contributed by atoms with Crippen LogP contribution < -0.4 is 30.3 Å². The van der Waals surface area contributed by atoms with Gasteiger partial charge in [0, 0.05) is 18.3 Å². The van der Waals surface area contributed by atoms with Crippen LogP contribution in [0, 0.1) is 12.7 Å². The van der Waals surface area contributed by atoms with Crippen LogP contribution in [-0.2, 0) is 10.0 Å². The van der Waals surface area contributed by atoms with Gasteiger partial charge in [0.25, 0.3) is 0 Å².